The van der Waals surface area contributed by atoms with E-state index in [0.29, 0.717) is 13.1 Å². The molecule has 22 heavy (non-hydrogen) atoms. The summed E-state index contributed by atoms with van der Waals surface area (Å²) in [6, 6.07) is 8.11. The highest BCUT2D eigenvalue weighted by molar-refractivity contribution is 6.40. The van der Waals surface area contributed by atoms with Gasteiger partial charge in [0.05, 0.1) is 0 Å². The lowest BCUT2D eigenvalue weighted by Crippen LogP contribution is -2.53. The molecule has 2 amide bonds. The first-order valence-corrected chi connectivity index (χ1v) is 8.02. The number of likely N-dealkylation sites (N-methyl/N-ethyl adjacent to an activating group) is 1. The first-order valence-electron chi connectivity index (χ1n) is 8.02. The first kappa shape index (κ1) is 15.0. The number of piperazine rings is 1. The summed E-state index contributed by atoms with van der Waals surface area (Å²) in [5.41, 5.74) is 2.13. The average molecular weight is 301 g/mol. The Hall–Kier alpha value is -1.88. The monoisotopic (exact) mass is 301 g/mol. The second-order valence-electron chi connectivity index (χ2n) is 6.25. The van der Waals surface area contributed by atoms with Gasteiger partial charge in [0.2, 0.25) is 0 Å². The van der Waals surface area contributed by atoms with Crippen molar-refractivity contribution in [3.05, 3.63) is 29.8 Å². The zero-order valence-corrected chi connectivity index (χ0v) is 13.0. The van der Waals surface area contributed by atoms with Crippen LogP contribution < -0.4 is 10.2 Å². The van der Waals surface area contributed by atoms with Crippen molar-refractivity contribution in [1.29, 1.82) is 0 Å². The highest BCUT2D eigenvalue weighted by Gasteiger charge is 2.31. The van der Waals surface area contributed by atoms with Gasteiger partial charge in [-0.2, -0.15) is 0 Å². The van der Waals surface area contributed by atoms with Crippen LogP contribution in [0, 0.1) is 5.92 Å². The molecule has 5 heteroatoms. The smallest absolute Gasteiger partial charge is 0.316 e. The van der Waals surface area contributed by atoms with Gasteiger partial charge in [-0.15, -0.1) is 0 Å². The van der Waals surface area contributed by atoms with Gasteiger partial charge in [-0.05, 0) is 56.0 Å². The molecule has 5 nitrogen and oxygen atoms in total. The largest absolute Gasteiger partial charge is 0.336 e. The van der Waals surface area contributed by atoms with Gasteiger partial charge >= 0.3 is 11.8 Å². The highest BCUT2D eigenvalue weighted by atomic mass is 16.2. The maximum absolute atomic E-state index is 12.1. The molecule has 0 atom stereocenters. The van der Waals surface area contributed by atoms with E-state index in [4.69, 9.17) is 0 Å². The number of piperidine rings is 1. The molecule has 0 bridgehead atoms. The molecule has 0 radical (unpaired) electrons. The Bertz CT molecular complexity index is 550. The number of carbonyl (C=O) groups excluding carboxylic acids is 2. The lowest BCUT2D eigenvalue weighted by Gasteiger charge is -2.31. The topological polar surface area (TPSA) is 52.6 Å². The Labute approximate surface area is 131 Å². The fourth-order valence-corrected chi connectivity index (χ4v) is 3.21. The number of amides is 2. The van der Waals surface area contributed by atoms with E-state index in [0.717, 1.165) is 31.1 Å². The first-order chi connectivity index (χ1) is 10.6. The Morgan fingerprint density at radius 3 is 2.41 bits per heavy atom. The van der Waals surface area contributed by atoms with E-state index in [2.05, 4.69) is 17.4 Å². The lowest BCUT2D eigenvalue weighted by atomic mass is 9.91. The summed E-state index contributed by atoms with van der Waals surface area (Å²) < 4.78 is 0. The number of anilines is 1. The molecule has 1 N–H and O–H groups in total. The summed E-state index contributed by atoms with van der Waals surface area (Å²) >= 11 is 0. The summed E-state index contributed by atoms with van der Waals surface area (Å²) in [4.78, 5) is 26.9. The van der Waals surface area contributed by atoms with Crippen molar-refractivity contribution in [3.63, 3.8) is 0 Å². The number of hydrogen-bond acceptors (Lipinski definition) is 3. The van der Waals surface area contributed by atoms with Gasteiger partial charge in [-0.3, -0.25) is 9.59 Å². The predicted molar refractivity (Wildman–Crippen MR) is 85.7 cm³/mol. The Kier molecular flexibility index (Phi) is 4.43. The van der Waals surface area contributed by atoms with E-state index in [1.165, 1.54) is 23.3 Å². The van der Waals surface area contributed by atoms with Crippen LogP contribution in [0.15, 0.2) is 24.3 Å². The van der Waals surface area contributed by atoms with Crippen molar-refractivity contribution < 1.29 is 9.59 Å². The summed E-state index contributed by atoms with van der Waals surface area (Å²) in [6.07, 6.45) is 3.55. The van der Waals surface area contributed by atoms with Crippen LogP contribution >= 0.6 is 0 Å². The van der Waals surface area contributed by atoms with E-state index in [1.807, 2.05) is 12.1 Å². The van der Waals surface area contributed by atoms with Crippen LogP contribution in [-0.2, 0) is 16.0 Å². The SMILES string of the molecule is CN1CCN(c2ccc(CC3CCNCC3)cc2)C(=O)C1=O. The normalized spacial score (nSPS) is 20.6. The number of benzene rings is 1. The van der Waals surface area contributed by atoms with E-state index >= 15 is 0 Å². The zero-order valence-electron chi connectivity index (χ0n) is 13.0. The molecule has 0 spiro atoms. The Morgan fingerprint density at radius 2 is 1.73 bits per heavy atom. The molecule has 3 rings (SSSR count). The molecule has 0 aromatic heterocycles. The van der Waals surface area contributed by atoms with Gasteiger partial charge in [0.25, 0.3) is 0 Å². The van der Waals surface area contributed by atoms with E-state index in [1.54, 1.807) is 11.9 Å². The van der Waals surface area contributed by atoms with Crippen LogP contribution in [0.4, 0.5) is 5.69 Å². The Morgan fingerprint density at radius 1 is 1.05 bits per heavy atom. The number of rotatable bonds is 3. The summed E-state index contributed by atoms with van der Waals surface area (Å²) in [7, 11) is 1.67. The molecule has 1 aromatic carbocycles. The third-order valence-electron chi connectivity index (χ3n) is 4.66. The highest BCUT2D eigenvalue weighted by Crippen LogP contribution is 2.22. The summed E-state index contributed by atoms with van der Waals surface area (Å²) in [5, 5.41) is 3.39. The number of nitrogens with zero attached hydrogens (tertiary/aromatic N) is 2. The molecule has 2 heterocycles. The van der Waals surface area contributed by atoms with Crippen LogP contribution in [-0.4, -0.2) is 49.9 Å². The molecule has 2 fully saturated rings. The van der Waals surface area contributed by atoms with Gasteiger partial charge in [0, 0.05) is 25.8 Å². The van der Waals surface area contributed by atoms with Crippen LogP contribution in [0.2, 0.25) is 0 Å². The lowest BCUT2D eigenvalue weighted by molar-refractivity contribution is -0.145. The average Bonchev–Trinajstić information content (AvgIpc) is 2.55. The van der Waals surface area contributed by atoms with Gasteiger partial charge in [-0.25, -0.2) is 0 Å². The minimum absolute atomic E-state index is 0.426. The van der Waals surface area contributed by atoms with E-state index in [-0.39, 0.29) is 0 Å². The molecule has 2 aliphatic rings. The predicted octanol–water partition coefficient (Wildman–Crippen LogP) is 1.03. The number of carbonyl (C=O) groups is 2. The number of hydrogen-bond donors (Lipinski definition) is 1. The van der Waals surface area contributed by atoms with Crippen molar-refractivity contribution in [1.82, 2.24) is 10.2 Å². The minimum atomic E-state index is -0.431. The quantitative estimate of drug-likeness (QED) is 0.849. The molecule has 2 saturated heterocycles. The van der Waals surface area contributed by atoms with Gasteiger partial charge in [0.15, 0.2) is 0 Å². The fraction of sp³-hybridized carbons (Fsp3) is 0.529. The summed E-state index contributed by atoms with van der Waals surface area (Å²) in [5.74, 6) is -0.108. The standard InChI is InChI=1S/C17H23N3O2/c1-19-10-11-20(17(22)16(19)21)15-4-2-13(3-5-15)12-14-6-8-18-9-7-14/h2-5,14,18H,6-12H2,1H3. The van der Waals surface area contributed by atoms with Crippen molar-refractivity contribution in [2.75, 3.05) is 38.1 Å². The molecular formula is C17H23N3O2. The maximum atomic E-state index is 12.1. The van der Waals surface area contributed by atoms with E-state index < -0.39 is 11.8 Å². The molecule has 1 aromatic rings. The Balaban J connectivity index is 1.66. The van der Waals surface area contributed by atoms with Gasteiger partial charge in [0.1, 0.15) is 0 Å². The molecule has 0 saturated carbocycles. The van der Waals surface area contributed by atoms with Gasteiger partial charge < -0.3 is 15.1 Å². The van der Waals surface area contributed by atoms with Gasteiger partial charge in [-0.1, -0.05) is 12.1 Å². The second-order valence-corrected chi connectivity index (χ2v) is 6.25. The van der Waals surface area contributed by atoms with E-state index in [9.17, 15) is 9.59 Å². The minimum Gasteiger partial charge on any atom is -0.336 e. The van der Waals surface area contributed by atoms with Crippen molar-refractivity contribution >= 4 is 17.5 Å². The summed E-state index contributed by atoms with van der Waals surface area (Å²) in [6.45, 7) is 3.37. The molecular weight excluding hydrogens is 278 g/mol. The molecule has 118 valence electrons. The maximum Gasteiger partial charge on any atom is 0.316 e. The van der Waals surface area contributed by atoms with Crippen LogP contribution in [0.25, 0.3) is 0 Å². The third-order valence-corrected chi connectivity index (χ3v) is 4.66. The zero-order chi connectivity index (χ0) is 15.5. The van der Waals surface area contributed by atoms with Crippen LogP contribution in [0.1, 0.15) is 18.4 Å². The molecule has 0 unspecified atom stereocenters. The van der Waals surface area contributed by atoms with Crippen molar-refractivity contribution in [2.45, 2.75) is 19.3 Å². The second kappa shape index (κ2) is 6.48. The fourth-order valence-electron chi connectivity index (χ4n) is 3.21. The number of nitrogens with one attached hydrogen (secondary N) is 1. The van der Waals surface area contributed by atoms with Crippen LogP contribution in [0.5, 0.6) is 0 Å². The third kappa shape index (κ3) is 3.14. The molecule has 2 aliphatic heterocycles. The molecule has 0 aliphatic carbocycles. The van der Waals surface area contributed by atoms with Crippen LogP contribution in [0.3, 0.4) is 0 Å². The van der Waals surface area contributed by atoms with Crippen molar-refractivity contribution in [2.24, 2.45) is 5.92 Å². The van der Waals surface area contributed by atoms with Crippen molar-refractivity contribution in [3.8, 4) is 0 Å².